The monoisotopic (exact) mass is 405 g/mol. The lowest BCUT2D eigenvalue weighted by Gasteiger charge is -2.09. The van der Waals surface area contributed by atoms with E-state index in [4.69, 9.17) is 13.9 Å². The predicted molar refractivity (Wildman–Crippen MR) is 107 cm³/mol. The first-order valence-electron chi connectivity index (χ1n) is 8.90. The van der Waals surface area contributed by atoms with Gasteiger partial charge in [-0.1, -0.05) is 30.0 Å². The second-order valence-corrected chi connectivity index (χ2v) is 7.18. The summed E-state index contributed by atoms with van der Waals surface area (Å²) in [7, 11) is 0. The van der Waals surface area contributed by atoms with Crippen molar-refractivity contribution in [1.29, 1.82) is 0 Å². The number of Topliss-reactive ketones (excluding diaryl/α,β-unsaturated/α-hetero) is 1. The molecule has 7 nitrogen and oxygen atoms in total. The predicted octanol–water partition coefficient (Wildman–Crippen LogP) is 4.23. The van der Waals surface area contributed by atoms with Crippen LogP contribution in [0, 0.1) is 0 Å². The van der Waals surface area contributed by atoms with E-state index in [1.54, 1.807) is 30.5 Å². The van der Waals surface area contributed by atoms with Crippen molar-refractivity contribution in [3.05, 3.63) is 72.5 Å². The Morgan fingerprint density at radius 1 is 1.00 bits per heavy atom. The van der Waals surface area contributed by atoms with Gasteiger partial charge in [-0.15, -0.1) is 10.2 Å². The average Bonchev–Trinajstić information content (AvgIpc) is 3.52. The molecule has 144 valence electrons. The molecule has 2 aromatic heterocycles. The van der Waals surface area contributed by atoms with E-state index in [1.165, 1.54) is 11.8 Å². The van der Waals surface area contributed by atoms with Crippen molar-refractivity contribution in [3.8, 4) is 28.8 Å². The molecule has 2 aromatic carbocycles. The first-order chi connectivity index (χ1) is 14.3. The number of thioether (sulfide) groups is 1. The first kappa shape index (κ1) is 17.6. The quantitative estimate of drug-likeness (QED) is 0.351. The smallest absolute Gasteiger partial charge is 0.231 e. The summed E-state index contributed by atoms with van der Waals surface area (Å²) in [6.07, 6.45) is 1.59. The third-order valence-electron chi connectivity index (χ3n) is 4.42. The minimum absolute atomic E-state index is 0.0320. The SMILES string of the molecule is O=C(CSc1nnc(-c2ccco2)n1-c1ccccc1)c1ccc2c(c1)OCO2. The molecule has 29 heavy (non-hydrogen) atoms. The van der Waals surface area contributed by atoms with Gasteiger partial charge in [-0.3, -0.25) is 9.36 Å². The molecule has 0 saturated carbocycles. The van der Waals surface area contributed by atoms with E-state index in [9.17, 15) is 4.79 Å². The fourth-order valence-corrected chi connectivity index (χ4v) is 3.87. The zero-order valence-electron chi connectivity index (χ0n) is 15.1. The lowest BCUT2D eigenvalue weighted by molar-refractivity contribution is 0.102. The van der Waals surface area contributed by atoms with E-state index in [2.05, 4.69) is 10.2 Å². The molecule has 5 rings (SSSR count). The molecule has 8 heteroatoms. The summed E-state index contributed by atoms with van der Waals surface area (Å²) in [5.41, 5.74) is 1.46. The number of nitrogens with zero attached hydrogens (tertiary/aromatic N) is 3. The van der Waals surface area contributed by atoms with Crippen molar-refractivity contribution < 1.29 is 18.7 Å². The lowest BCUT2D eigenvalue weighted by atomic mass is 10.1. The number of aromatic nitrogens is 3. The van der Waals surface area contributed by atoms with Crippen LogP contribution in [0.15, 0.2) is 76.5 Å². The standard InChI is InChI=1S/C21H15N3O4S/c25-16(14-8-9-17-19(11-14)28-13-27-17)12-29-21-23-22-20(18-7-4-10-26-18)24(21)15-5-2-1-3-6-15/h1-11H,12-13H2. The number of hydrogen-bond donors (Lipinski definition) is 0. The minimum atomic E-state index is -0.0320. The maximum atomic E-state index is 12.7. The van der Waals surface area contributed by atoms with Gasteiger partial charge in [0.05, 0.1) is 12.0 Å². The van der Waals surface area contributed by atoms with E-state index in [0.717, 1.165) is 5.69 Å². The Labute approximate surface area is 170 Å². The summed E-state index contributed by atoms with van der Waals surface area (Å²) in [6.45, 7) is 0.178. The van der Waals surface area contributed by atoms with Gasteiger partial charge in [0.15, 0.2) is 28.2 Å². The zero-order valence-corrected chi connectivity index (χ0v) is 16.0. The van der Waals surface area contributed by atoms with Crippen molar-refractivity contribution >= 4 is 17.5 Å². The second-order valence-electron chi connectivity index (χ2n) is 6.23. The van der Waals surface area contributed by atoms with Crippen molar-refractivity contribution in [2.45, 2.75) is 5.16 Å². The number of hydrogen-bond acceptors (Lipinski definition) is 7. The molecule has 3 heterocycles. The highest BCUT2D eigenvalue weighted by atomic mass is 32.2. The number of ketones is 1. The molecule has 0 fully saturated rings. The number of rotatable bonds is 6. The van der Waals surface area contributed by atoms with Crippen LogP contribution in [-0.4, -0.2) is 33.1 Å². The Kier molecular flexibility index (Phi) is 4.53. The fraction of sp³-hybridized carbons (Fsp3) is 0.0952. The Morgan fingerprint density at radius 2 is 1.86 bits per heavy atom. The van der Waals surface area contributed by atoms with Gasteiger partial charge in [0, 0.05) is 11.3 Å². The molecule has 1 aliphatic heterocycles. The molecule has 4 aromatic rings. The van der Waals surface area contributed by atoms with Crippen molar-refractivity contribution in [3.63, 3.8) is 0 Å². The summed E-state index contributed by atoms with van der Waals surface area (Å²) in [6, 6.07) is 18.6. The fourth-order valence-electron chi connectivity index (χ4n) is 3.02. The molecule has 0 spiro atoms. The van der Waals surface area contributed by atoms with Gasteiger partial charge in [0.2, 0.25) is 12.6 Å². The van der Waals surface area contributed by atoms with E-state index < -0.39 is 0 Å². The molecule has 0 aliphatic carbocycles. The van der Waals surface area contributed by atoms with E-state index >= 15 is 0 Å². The summed E-state index contributed by atoms with van der Waals surface area (Å²) in [4.78, 5) is 12.7. The van der Waals surface area contributed by atoms with E-state index in [-0.39, 0.29) is 18.3 Å². The maximum absolute atomic E-state index is 12.7. The number of furan rings is 1. The van der Waals surface area contributed by atoms with Crippen LogP contribution in [0.5, 0.6) is 11.5 Å². The van der Waals surface area contributed by atoms with Crippen LogP contribution in [0.3, 0.4) is 0 Å². The minimum Gasteiger partial charge on any atom is -0.461 e. The van der Waals surface area contributed by atoms with Gasteiger partial charge in [-0.25, -0.2) is 0 Å². The Balaban J connectivity index is 1.42. The van der Waals surface area contributed by atoms with Crippen molar-refractivity contribution in [1.82, 2.24) is 14.8 Å². The molecule has 0 N–H and O–H groups in total. The number of carbonyl (C=O) groups excluding carboxylic acids is 1. The number of carbonyl (C=O) groups is 1. The molecule has 1 aliphatic rings. The molecular weight excluding hydrogens is 390 g/mol. The molecular formula is C21H15N3O4S. The Hall–Kier alpha value is -3.52. The van der Waals surface area contributed by atoms with Gasteiger partial charge in [0.25, 0.3) is 0 Å². The molecule has 0 atom stereocenters. The largest absolute Gasteiger partial charge is 0.461 e. The van der Waals surface area contributed by atoms with Crippen molar-refractivity contribution in [2.75, 3.05) is 12.5 Å². The van der Waals surface area contributed by atoms with Gasteiger partial charge >= 0.3 is 0 Å². The first-order valence-corrected chi connectivity index (χ1v) is 9.88. The highest BCUT2D eigenvalue weighted by molar-refractivity contribution is 7.99. The van der Waals surface area contributed by atoms with Crippen LogP contribution in [0.2, 0.25) is 0 Å². The van der Waals surface area contributed by atoms with E-state index in [0.29, 0.717) is 33.8 Å². The molecule has 0 unspecified atom stereocenters. The molecule has 0 bridgehead atoms. The highest BCUT2D eigenvalue weighted by Crippen LogP contribution is 2.33. The van der Waals surface area contributed by atoms with Gasteiger partial charge in [-0.2, -0.15) is 0 Å². The average molecular weight is 405 g/mol. The number of para-hydroxylation sites is 1. The van der Waals surface area contributed by atoms with Crippen LogP contribution in [0.25, 0.3) is 17.3 Å². The Bertz CT molecular complexity index is 1160. The summed E-state index contributed by atoms with van der Waals surface area (Å²) < 4.78 is 18.0. The number of benzene rings is 2. The van der Waals surface area contributed by atoms with E-state index in [1.807, 2.05) is 41.0 Å². The second kappa shape index (κ2) is 7.48. The third-order valence-corrected chi connectivity index (χ3v) is 5.35. The molecule has 0 radical (unpaired) electrons. The van der Waals surface area contributed by atoms with Crippen LogP contribution in [0.1, 0.15) is 10.4 Å². The van der Waals surface area contributed by atoms with Crippen molar-refractivity contribution in [2.24, 2.45) is 0 Å². The maximum Gasteiger partial charge on any atom is 0.231 e. The van der Waals surface area contributed by atoms with Crippen LogP contribution in [-0.2, 0) is 0 Å². The molecule has 0 amide bonds. The number of fused-ring (bicyclic) bond motifs is 1. The lowest BCUT2D eigenvalue weighted by Crippen LogP contribution is -2.05. The van der Waals surface area contributed by atoms with Gasteiger partial charge in [0.1, 0.15) is 0 Å². The summed E-state index contributed by atoms with van der Waals surface area (Å²) in [5, 5.41) is 9.18. The van der Waals surface area contributed by atoms with Gasteiger partial charge < -0.3 is 13.9 Å². The van der Waals surface area contributed by atoms with Crippen LogP contribution >= 0.6 is 11.8 Å². The van der Waals surface area contributed by atoms with Gasteiger partial charge in [-0.05, 0) is 42.5 Å². The van der Waals surface area contributed by atoms with Crippen LogP contribution < -0.4 is 9.47 Å². The number of ether oxygens (including phenoxy) is 2. The topological polar surface area (TPSA) is 79.4 Å². The molecule has 0 saturated heterocycles. The Morgan fingerprint density at radius 3 is 2.69 bits per heavy atom. The third kappa shape index (κ3) is 3.38. The normalized spacial score (nSPS) is 12.3. The zero-order chi connectivity index (χ0) is 19.6. The summed E-state index contributed by atoms with van der Waals surface area (Å²) >= 11 is 1.32. The van der Waals surface area contributed by atoms with Crippen LogP contribution in [0.4, 0.5) is 0 Å². The highest BCUT2D eigenvalue weighted by Gasteiger charge is 2.20. The summed E-state index contributed by atoms with van der Waals surface area (Å²) in [5.74, 6) is 2.61.